The molecule has 3 amide bonds. The van der Waals surface area contributed by atoms with Gasteiger partial charge >= 0.3 is 0 Å². The largest absolute Gasteiger partial charge is 0.493 e. The molecule has 5 rings (SSSR count). The Morgan fingerprint density at radius 3 is 2.40 bits per heavy atom. The zero-order chi connectivity index (χ0) is 24.5. The van der Waals surface area contributed by atoms with Crippen molar-refractivity contribution in [2.24, 2.45) is 0 Å². The van der Waals surface area contributed by atoms with Crippen LogP contribution in [0.5, 0.6) is 11.5 Å². The van der Waals surface area contributed by atoms with E-state index in [2.05, 4.69) is 5.32 Å². The van der Waals surface area contributed by atoms with Crippen LogP contribution in [0.15, 0.2) is 66.7 Å². The maximum Gasteiger partial charge on any atom is 0.264 e. The standard InChI is InChI=1S/C27H25N3O5/c1-34-21-13-12-19-23(24(21)35-2)27(33)30-20-11-7-6-10-18(20)26(32)29(25(19)30)16-22(31)28-15-14-17-8-4-3-5-9-17/h3-13,25H,14-16H2,1-2H3,(H,28,31). The fourth-order valence-electron chi connectivity index (χ4n) is 4.79. The number of carbonyl (C=O) groups is 3. The normalized spacial score (nSPS) is 15.9. The molecule has 1 atom stereocenters. The highest BCUT2D eigenvalue weighted by Gasteiger charge is 2.50. The monoisotopic (exact) mass is 471 g/mol. The van der Waals surface area contributed by atoms with Gasteiger partial charge < -0.3 is 19.7 Å². The lowest BCUT2D eigenvalue weighted by atomic mass is 10.0. The number of hydrogen-bond donors (Lipinski definition) is 1. The van der Waals surface area contributed by atoms with E-state index in [0.29, 0.717) is 46.8 Å². The highest BCUT2D eigenvalue weighted by atomic mass is 16.5. The zero-order valence-corrected chi connectivity index (χ0v) is 19.5. The molecule has 0 aromatic heterocycles. The van der Waals surface area contributed by atoms with E-state index in [4.69, 9.17) is 9.47 Å². The van der Waals surface area contributed by atoms with Crippen molar-refractivity contribution in [2.75, 3.05) is 32.2 Å². The van der Waals surface area contributed by atoms with Crippen molar-refractivity contribution >= 4 is 23.4 Å². The second kappa shape index (κ2) is 9.13. The summed E-state index contributed by atoms with van der Waals surface area (Å²) in [5.74, 6) is -0.188. The summed E-state index contributed by atoms with van der Waals surface area (Å²) in [6, 6.07) is 20.2. The van der Waals surface area contributed by atoms with Crippen LogP contribution in [0.25, 0.3) is 0 Å². The summed E-state index contributed by atoms with van der Waals surface area (Å²) >= 11 is 0. The predicted octanol–water partition coefficient (Wildman–Crippen LogP) is 3.18. The van der Waals surface area contributed by atoms with Gasteiger partial charge in [-0.25, -0.2) is 0 Å². The van der Waals surface area contributed by atoms with E-state index in [1.54, 1.807) is 41.3 Å². The number of benzene rings is 3. The van der Waals surface area contributed by atoms with Crippen molar-refractivity contribution in [1.29, 1.82) is 0 Å². The van der Waals surface area contributed by atoms with E-state index >= 15 is 0 Å². The number of anilines is 1. The molecule has 2 aliphatic heterocycles. The average Bonchev–Trinajstić information content (AvgIpc) is 3.19. The van der Waals surface area contributed by atoms with Gasteiger partial charge in [-0.3, -0.25) is 19.3 Å². The number of ether oxygens (including phenoxy) is 2. The van der Waals surface area contributed by atoms with Gasteiger partial charge in [-0.05, 0) is 30.2 Å². The Morgan fingerprint density at radius 1 is 0.914 bits per heavy atom. The highest BCUT2D eigenvalue weighted by Crippen LogP contribution is 2.49. The Balaban J connectivity index is 1.47. The third kappa shape index (κ3) is 3.77. The first-order valence-electron chi connectivity index (χ1n) is 11.3. The number of amides is 3. The molecule has 178 valence electrons. The van der Waals surface area contributed by atoms with E-state index in [9.17, 15) is 14.4 Å². The van der Waals surface area contributed by atoms with Crippen molar-refractivity contribution in [3.63, 3.8) is 0 Å². The van der Waals surface area contributed by atoms with Gasteiger partial charge in [-0.1, -0.05) is 48.5 Å². The summed E-state index contributed by atoms with van der Waals surface area (Å²) in [6.07, 6.45) is -0.0865. The van der Waals surface area contributed by atoms with Crippen LogP contribution in [0.2, 0.25) is 0 Å². The quantitative estimate of drug-likeness (QED) is 0.572. The number of carbonyl (C=O) groups excluding carboxylic acids is 3. The fourth-order valence-corrected chi connectivity index (χ4v) is 4.79. The topological polar surface area (TPSA) is 88.2 Å². The molecule has 1 unspecified atom stereocenters. The molecule has 3 aromatic carbocycles. The van der Waals surface area contributed by atoms with Crippen molar-refractivity contribution in [1.82, 2.24) is 10.2 Å². The van der Waals surface area contributed by atoms with E-state index in [1.165, 1.54) is 19.1 Å². The molecular weight excluding hydrogens is 446 g/mol. The van der Waals surface area contributed by atoms with Crippen molar-refractivity contribution < 1.29 is 23.9 Å². The average molecular weight is 472 g/mol. The molecule has 2 heterocycles. The first-order chi connectivity index (χ1) is 17.0. The molecule has 0 spiro atoms. The molecule has 0 bridgehead atoms. The molecule has 0 saturated heterocycles. The maximum atomic E-state index is 13.7. The summed E-state index contributed by atoms with van der Waals surface area (Å²) in [5.41, 5.74) is 2.90. The maximum absolute atomic E-state index is 13.7. The van der Waals surface area contributed by atoms with Crippen molar-refractivity contribution in [3.8, 4) is 11.5 Å². The van der Waals surface area contributed by atoms with Gasteiger partial charge in [-0.15, -0.1) is 0 Å². The van der Waals surface area contributed by atoms with Crippen LogP contribution in [0.3, 0.4) is 0 Å². The summed E-state index contributed by atoms with van der Waals surface area (Å²) in [6.45, 7) is 0.251. The minimum Gasteiger partial charge on any atom is -0.493 e. The predicted molar refractivity (Wildman–Crippen MR) is 130 cm³/mol. The number of nitrogens with one attached hydrogen (secondary N) is 1. The Morgan fingerprint density at radius 2 is 1.66 bits per heavy atom. The SMILES string of the molecule is COc1ccc2c(c1OC)C(=O)N1c3ccccc3C(=O)N(CC(=O)NCCc3ccccc3)C21. The van der Waals surface area contributed by atoms with Gasteiger partial charge in [0.05, 0.1) is 31.0 Å². The van der Waals surface area contributed by atoms with Crippen LogP contribution < -0.4 is 19.7 Å². The molecule has 0 aliphatic carbocycles. The van der Waals surface area contributed by atoms with Gasteiger partial charge in [0.1, 0.15) is 12.7 Å². The molecule has 8 heteroatoms. The van der Waals surface area contributed by atoms with Crippen molar-refractivity contribution in [2.45, 2.75) is 12.6 Å². The Bertz CT molecular complexity index is 1310. The molecule has 3 aromatic rings. The third-order valence-electron chi connectivity index (χ3n) is 6.38. The zero-order valence-electron chi connectivity index (χ0n) is 19.5. The molecule has 0 radical (unpaired) electrons. The van der Waals surface area contributed by atoms with Crippen LogP contribution in [-0.2, 0) is 11.2 Å². The van der Waals surface area contributed by atoms with Gasteiger partial charge in [0.2, 0.25) is 5.91 Å². The van der Waals surface area contributed by atoms with Crippen LogP contribution in [0.4, 0.5) is 5.69 Å². The summed E-state index contributed by atoms with van der Waals surface area (Å²) < 4.78 is 10.9. The number of rotatable bonds is 7. The van der Waals surface area contributed by atoms with Gasteiger partial charge in [0.15, 0.2) is 11.5 Å². The number of nitrogens with zero attached hydrogens (tertiary/aromatic N) is 2. The number of fused-ring (bicyclic) bond motifs is 5. The van der Waals surface area contributed by atoms with Gasteiger partial charge in [-0.2, -0.15) is 0 Å². The van der Waals surface area contributed by atoms with E-state index in [0.717, 1.165) is 5.56 Å². The lowest BCUT2D eigenvalue weighted by Crippen LogP contribution is -2.51. The van der Waals surface area contributed by atoms with Gasteiger partial charge in [0, 0.05) is 12.1 Å². The number of hydrogen-bond acceptors (Lipinski definition) is 5. The molecule has 0 fully saturated rings. The van der Waals surface area contributed by atoms with Crippen LogP contribution in [0, 0.1) is 0 Å². The minimum absolute atomic E-state index is 0.190. The fraction of sp³-hybridized carbons (Fsp3) is 0.222. The number of methoxy groups -OCH3 is 2. The molecular formula is C27H25N3O5. The van der Waals surface area contributed by atoms with Crippen LogP contribution in [0.1, 0.15) is 38.0 Å². The minimum atomic E-state index is -0.764. The van der Waals surface area contributed by atoms with Crippen molar-refractivity contribution in [3.05, 3.63) is 89.0 Å². The smallest absolute Gasteiger partial charge is 0.264 e. The first kappa shape index (κ1) is 22.5. The molecule has 8 nitrogen and oxygen atoms in total. The Labute approximate surface area is 203 Å². The molecule has 0 saturated carbocycles. The van der Waals surface area contributed by atoms with Gasteiger partial charge in [0.25, 0.3) is 11.8 Å². The third-order valence-corrected chi connectivity index (χ3v) is 6.38. The molecule has 35 heavy (non-hydrogen) atoms. The first-order valence-corrected chi connectivity index (χ1v) is 11.3. The van der Waals surface area contributed by atoms with E-state index in [-0.39, 0.29) is 24.3 Å². The Hall–Kier alpha value is -4.33. The van der Waals surface area contributed by atoms with E-state index < -0.39 is 6.17 Å². The second-order valence-electron chi connectivity index (χ2n) is 8.35. The second-order valence-corrected chi connectivity index (χ2v) is 8.35. The lowest BCUT2D eigenvalue weighted by molar-refractivity contribution is -0.122. The number of para-hydroxylation sites is 1. The summed E-state index contributed by atoms with van der Waals surface area (Å²) in [7, 11) is 2.97. The lowest BCUT2D eigenvalue weighted by Gasteiger charge is -2.40. The Kier molecular flexibility index (Phi) is 5.86. The van der Waals surface area contributed by atoms with Crippen LogP contribution >= 0.6 is 0 Å². The summed E-state index contributed by atoms with van der Waals surface area (Å²) in [5, 5.41) is 2.90. The summed E-state index contributed by atoms with van der Waals surface area (Å²) in [4.78, 5) is 43.1. The van der Waals surface area contributed by atoms with Crippen LogP contribution in [-0.4, -0.2) is 49.9 Å². The molecule has 1 N–H and O–H groups in total. The van der Waals surface area contributed by atoms with E-state index in [1.807, 2.05) is 30.3 Å². The molecule has 2 aliphatic rings. The highest BCUT2D eigenvalue weighted by molar-refractivity contribution is 6.18.